The molecule has 0 aromatic heterocycles. The quantitative estimate of drug-likeness (QED) is 0.361. The Labute approximate surface area is 189 Å². The second kappa shape index (κ2) is 8.74. The number of halogens is 1. The number of benzene rings is 1. The molecule has 2 heterocycles. The molecule has 3 aliphatic rings. The number of rotatable bonds is 8. The minimum absolute atomic E-state index is 0.0244. The molecule has 0 bridgehead atoms. The van der Waals surface area contributed by atoms with Gasteiger partial charge in [-0.3, -0.25) is 4.79 Å². The lowest BCUT2D eigenvalue weighted by atomic mass is 9.68. The van der Waals surface area contributed by atoms with Crippen LogP contribution in [-0.2, 0) is 23.7 Å². The summed E-state index contributed by atoms with van der Waals surface area (Å²) < 4.78 is 23.9. The summed E-state index contributed by atoms with van der Waals surface area (Å²) in [6.07, 6.45) is 4.18. The average molecular weight is 450 g/mol. The molecule has 170 valence electrons. The van der Waals surface area contributed by atoms with Gasteiger partial charge in [-0.15, -0.1) is 0 Å². The summed E-state index contributed by atoms with van der Waals surface area (Å²) in [6.45, 7) is 7.13. The Balaban J connectivity index is 1.40. The fourth-order valence-electron chi connectivity index (χ4n) is 5.02. The summed E-state index contributed by atoms with van der Waals surface area (Å²) in [6, 6.07) is 7.21. The molecule has 1 aromatic rings. The van der Waals surface area contributed by atoms with Gasteiger partial charge in [0.2, 0.25) is 0 Å². The molecule has 7 heteroatoms. The van der Waals surface area contributed by atoms with Crippen molar-refractivity contribution < 1.29 is 23.7 Å². The van der Waals surface area contributed by atoms with E-state index in [2.05, 4.69) is 32.2 Å². The van der Waals surface area contributed by atoms with E-state index in [0.29, 0.717) is 11.6 Å². The number of ether oxygens (including phenoxy) is 4. The molecule has 2 saturated heterocycles. The molecule has 6 nitrogen and oxygen atoms in total. The predicted octanol–water partition coefficient (Wildman–Crippen LogP) is 4.37. The van der Waals surface area contributed by atoms with Gasteiger partial charge in [-0.05, 0) is 64.3 Å². The van der Waals surface area contributed by atoms with Crippen molar-refractivity contribution in [1.29, 1.82) is 0 Å². The summed E-state index contributed by atoms with van der Waals surface area (Å²) in [5.74, 6) is -0.285. The van der Waals surface area contributed by atoms with Gasteiger partial charge >= 0.3 is 5.97 Å². The number of allylic oxidation sites excluding steroid dienone is 1. The van der Waals surface area contributed by atoms with Crippen LogP contribution in [0.3, 0.4) is 0 Å². The lowest BCUT2D eigenvalue weighted by Crippen LogP contribution is -2.55. The Kier molecular flexibility index (Phi) is 6.37. The third-order valence-electron chi connectivity index (χ3n) is 6.80. The van der Waals surface area contributed by atoms with Gasteiger partial charge in [0, 0.05) is 17.8 Å². The van der Waals surface area contributed by atoms with E-state index in [1.807, 2.05) is 12.1 Å². The van der Waals surface area contributed by atoms with Crippen molar-refractivity contribution >= 4 is 23.3 Å². The highest BCUT2D eigenvalue weighted by Crippen LogP contribution is 2.59. The molecule has 2 aliphatic heterocycles. The van der Waals surface area contributed by atoms with Crippen molar-refractivity contribution in [3.05, 3.63) is 40.9 Å². The van der Waals surface area contributed by atoms with Gasteiger partial charge in [-0.25, -0.2) is 0 Å². The third-order valence-corrected chi connectivity index (χ3v) is 7.05. The maximum absolute atomic E-state index is 12.6. The number of carbonyl (C=O) groups excluding carboxylic acids is 1. The van der Waals surface area contributed by atoms with Crippen molar-refractivity contribution in [2.24, 2.45) is 5.92 Å². The fourth-order valence-corrected chi connectivity index (χ4v) is 5.15. The van der Waals surface area contributed by atoms with Crippen LogP contribution in [0.2, 0.25) is 5.02 Å². The zero-order valence-corrected chi connectivity index (χ0v) is 19.4. The summed E-state index contributed by atoms with van der Waals surface area (Å²) in [5, 5.41) is 3.73. The smallest absolute Gasteiger partial charge is 0.325 e. The van der Waals surface area contributed by atoms with Gasteiger partial charge in [0.15, 0.2) is 0 Å². The number of hydrogen-bond acceptors (Lipinski definition) is 6. The number of esters is 1. The van der Waals surface area contributed by atoms with E-state index in [4.69, 9.17) is 30.5 Å². The molecule has 4 rings (SSSR count). The monoisotopic (exact) mass is 449 g/mol. The van der Waals surface area contributed by atoms with Crippen LogP contribution in [0, 0.1) is 5.92 Å². The molecule has 1 aliphatic carbocycles. The molecule has 1 N–H and O–H groups in total. The molecule has 6 atom stereocenters. The Hall–Kier alpha value is -1.60. The van der Waals surface area contributed by atoms with Crippen LogP contribution < -0.4 is 5.32 Å². The van der Waals surface area contributed by atoms with E-state index < -0.39 is 0 Å². The SMILES string of the molecule is COC1C(OC(=O)CNc2ccc(Cl)cc2)CCC2(CO2)C1C1(C)OC1CC=C(C)C. The number of hydrogen-bond donors (Lipinski definition) is 1. The van der Waals surface area contributed by atoms with E-state index in [-0.39, 0.29) is 47.9 Å². The van der Waals surface area contributed by atoms with Gasteiger partial charge in [-0.1, -0.05) is 23.3 Å². The molecule has 3 fully saturated rings. The molecule has 31 heavy (non-hydrogen) atoms. The van der Waals surface area contributed by atoms with E-state index in [0.717, 1.165) is 24.9 Å². The Morgan fingerprint density at radius 2 is 2.03 bits per heavy atom. The van der Waals surface area contributed by atoms with Crippen molar-refractivity contribution in [3.8, 4) is 0 Å². The van der Waals surface area contributed by atoms with Crippen molar-refractivity contribution in [2.75, 3.05) is 25.6 Å². The number of anilines is 1. The van der Waals surface area contributed by atoms with Crippen LogP contribution in [0.4, 0.5) is 5.69 Å². The van der Waals surface area contributed by atoms with Crippen LogP contribution in [0.15, 0.2) is 35.9 Å². The Bertz CT molecular complexity index is 833. The highest BCUT2D eigenvalue weighted by Gasteiger charge is 2.72. The largest absolute Gasteiger partial charge is 0.458 e. The Morgan fingerprint density at radius 3 is 2.65 bits per heavy atom. The molecule has 0 amide bonds. The van der Waals surface area contributed by atoms with E-state index in [1.54, 1.807) is 19.2 Å². The van der Waals surface area contributed by atoms with E-state index in [9.17, 15) is 4.79 Å². The van der Waals surface area contributed by atoms with Crippen LogP contribution in [0.5, 0.6) is 0 Å². The highest BCUT2D eigenvalue weighted by atomic mass is 35.5. The molecule has 0 radical (unpaired) electrons. The first-order valence-corrected chi connectivity index (χ1v) is 11.3. The van der Waals surface area contributed by atoms with Gasteiger partial charge in [-0.2, -0.15) is 0 Å². The van der Waals surface area contributed by atoms with Gasteiger partial charge < -0.3 is 24.3 Å². The molecule has 1 spiro atoms. The van der Waals surface area contributed by atoms with E-state index in [1.165, 1.54) is 5.57 Å². The predicted molar refractivity (Wildman–Crippen MR) is 119 cm³/mol. The second-order valence-electron chi connectivity index (χ2n) is 9.27. The molecule has 6 unspecified atom stereocenters. The van der Waals surface area contributed by atoms with Crippen molar-refractivity contribution in [3.63, 3.8) is 0 Å². The first-order chi connectivity index (χ1) is 14.8. The second-order valence-corrected chi connectivity index (χ2v) is 9.70. The first kappa shape index (κ1) is 22.6. The first-order valence-electron chi connectivity index (χ1n) is 10.9. The maximum atomic E-state index is 12.6. The number of epoxide rings is 2. The minimum atomic E-state index is -0.338. The van der Waals surface area contributed by atoms with Crippen LogP contribution in [0.25, 0.3) is 0 Å². The third kappa shape index (κ3) is 4.77. The number of nitrogens with one attached hydrogen (secondary N) is 1. The lowest BCUT2D eigenvalue weighted by molar-refractivity contribution is -0.170. The highest BCUT2D eigenvalue weighted by molar-refractivity contribution is 6.30. The normalized spacial score (nSPS) is 36.0. The fraction of sp³-hybridized carbons (Fsp3) is 0.625. The average Bonchev–Trinajstić information content (AvgIpc) is 3.65. The van der Waals surface area contributed by atoms with Crippen LogP contribution >= 0.6 is 11.6 Å². The summed E-state index contributed by atoms with van der Waals surface area (Å²) in [4.78, 5) is 12.6. The lowest BCUT2D eigenvalue weighted by Gasteiger charge is -2.42. The topological polar surface area (TPSA) is 72.6 Å². The zero-order chi connectivity index (χ0) is 22.2. The standard InChI is InChI=1S/C24H32ClNO5/c1-15(2)5-10-19-23(3,31-19)22-21(28-4)18(11-12-24(22)14-29-24)30-20(27)13-26-17-8-6-16(25)7-9-17/h5-9,18-19,21-22,26H,10-14H2,1-4H3. The van der Waals surface area contributed by atoms with Gasteiger partial charge in [0.1, 0.15) is 30.0 Å². The van der Waals surface area contributed by atoms with Gasteiger partial charge in [0.25, 0.3) is 0 Å². The van der Waals surface area contributed by atoms with Crippen LogP contribution in [-0.4, -0.2) is 55.7 Å². The van der Waals surface area contributed by atoms with Gasteiger partial charge in [0.05, 0.1) is 18.6 Å². The summed E-state index contributed by atoms with van der Waals surface area (Å²) in [7, 11) is 1.68. The van der Waals surface area contributed by atoms with Crippen LogP contribution in [0.1, 0.15) is 40.0 Å². The summed E-state index contributed by atoms with van der Waals surface area (Å²) in [5.41, 5.74) is 1.54. The molecular weight excluding hydrogens is 418 g/mol. The Morgan fingerprint density at radius 1 is 1.32 bits per heavy atom. The molecule has 1 saturated carbocycles. The number of carbonyl (C=O) groups is 1. The molecular formula is C24H32ClNO5. The summed E-state index contributed by atoms with van der Waals surface area (Å²) >= 11 is 5.91. The zero-order valence-electron chi connectivity index (χ0n) is 18.7. The minimum Gasteiger partial charge on any atom is -0.458 e. The molecule has 1 aromatic carbocycles. The number of methoxy groups -OCH3 is 1. The van der Waals surface area contributed by atoms with E-state index >= 15 is 0 Å². The maximum Gasteiger partial charge on any atom is 0.325 e. The van der Waals surface area contributed by atoms with Crippen molar-refractivity contribution in [2.45, 2.75) is 69.5 Å². The van der Waals surface area contributed by atoms with Crippen molar-refractivity contribution in [1.82, 2.24) is 0 Å².